The second-order valence-corrected chi connectivity index (χ2v) is 8.06. The highest BCUT2D eigenvalue weighted by Gasteiger charge is 2.31. The van der Waals surface area contributed by atoms with E-state index in [1.54, 1.807) is 6.92 Å². The number of halogens is 2. The molecule has 1 N–H and O–H groups in total. The molecule has 0 aliphatic heterocycles. The standard InChI is InChI=1S/C24H28F2N2O6/c1-12(2)20(17-8-7-16(25)11-18(17)26)14(4)33-24(31)13(3)28-23(30)21-22(34-15(5)29)19(32-6)9-10-27-21/h7-14,20H,1-6H3,(H,28,30)/t13-,14?,20?/m0/s1. The Kier molecular flexibility index (Phi) is 9.05. The third kappa shape index (κ3) is 6.49. The van der Waals surface area contributed by atoms with Crippen molar-refractivity contribution in [3.8, 4) is 11.5 Å². The van der Waals surface area contributed by atoms with E-state index >= 15 is 0 Å². The number of carbonyl (C=O) groups is 3. The third-order valence-corrected chi connectivity index (χ3v) is 5.10. The van der Waals surface area contributed by atoms with E-state index in [1.165, 1.54) is 32.4 Å². The highest BCUT2D eigenvalue weighted by atomic mass is 19.1. The number of nitrogens with zero attached hydrogens (tertiary/aromatic N) is 1. The minimum Gasteiger partial charge on any atom is -0.493 e. The van der Waals surface area contributed by atoms with Crippen molar-refractivity contribution >= 4 is 17.8 Å². The lowest BCUT2D eigenvalue weighted by Gasteiger charge is -2.29. The van der Waals surface area contributed by atoms with Crippen LogP contribution < -0.4 is 14.8 Å². The van der Waals surface area contributed by atoms with Crippen molar-refractivity contribution < 1.29 is 37.4 Å². The highest BCUT2D eigenvalue weighted by molar-refractivity contribution is 5.98. The van der Waals surface area contributed by atoms with Gasteiger partial charge in [0.05, 0.1) is 7.11 Å². The molecule has 8 nitrogen and oxygen atoms in total. The van der Waals surface area contributed by atoms with Gasteiger partial charge in [0.15, 0.2) is 11.4 Å². The van der Waals surface area contributed by atoms with E-state index in [2.05, 4.69) is 10.3 Å². The van der Waals surface area contributed by atoms with Gasteiger partial charge in [-0.25, -0.2) is 18.6 Å². The van der Waals surface area contributed by atoms with Crippen LogP contribution in [-0.2, 0) is 14.3 Å². The van der Waals surface area contributed by atoms with E-state index in [0.29, 0.717) is 0 Å². The summed E-state index contributed by atoms with van der Waals surface area (Å²) in [6, 6.07) is 3.56. The maximum Gasteiger partial charge on any atom is 0.328 e. The number of carbonyl (C=O) groups excluding carboxylic acids is 3. The summed E-state index contributed by atoms with van der Waals surface area (Å²) in [6.07, 6.45) is 0.509. The number of esters is 2. The molecule has 2 aromatic rings. The maximum atomic E-state index is 14.4. The quantitative estimate of drug-likeness (QED) is 0.547. The molecular formula is C24H28F2N2O6. The Labute approximate surface area is 196 Å². The number of hydrogen-bond donors (Lipinski definition) is 1. The molecule has 10 heteroatoms. The molecule has 0 bridgehead atoms. The fraction of sp³-hybridized carbons (Fsp3) is 0.417. The number of benzene rings is 1. The topological polar surface area (TPSA) is 104 Å². The summed E-state index contributed by atoms with van der Waals surface area (Å²) >= 11 is 0. The van der Waals surface area contributed by atoms with Gasteiger partial charge in [-0.15, -0.1) is 0 Å². The van der Waals surface area contributed by atoms with Crippen LogP contribution in [0.4, 0.5) is 8.78 Å². The van der Waals surface area contributed by atoms with Gasteiger partial charge >= 0.3 is 11.9 Å². The van der Waals surface area contributed by atoms with Crippen molar-refractivity contribution in [2.45, 2.75) is 52.7 Å². The van der Waals surface area contributed by atoms with Crippen molar-refractivity contribution in [1.29, 1.82) is 0 Å². The predicted octanol–water partition coefficient (Wildman–Crippen LogP) is 3.78. The lowest BCUT2D eigenvalue weighted by Crippen LogP contribution is -2.42. The molecule has 3 atom stereocenters. The Morgan fingerprint density at radius 2 is 1.74 bits per heavy atom. The van der Waals surface area contributed by atoms with Crippen LogP contribution in [0.5, 0.6) is 11.5 Å². The van der Waals surface area contributed by atoms with Crippen LogP contribution in [-0.4, -0.2) is 42.1 Å². The Morgan fingerprint density at radius 1 is 1.06 bits per heavy atom. The Morgan fingerprint density at radius 3 is 2.29 bits per heavy atom. The van der Waals surface area contributed by atoms with Crippen LogP contribution in [0, 0.1) is 17.6 Å². The van der Waals surface area contributed by atoms with Crippen LogP contribution in [0.3, 0.4) is 0 Å². The lowest BCUT2D eigenvalue weighted by molar-refractivity contribution is -0.151. The molecule has 184 valence electrons. The summed E-state index contributed by atoms with van der Waals surface area (Å²) in [6.45, 7) is 7.82. The van der Waals surface area contributed by atoms with E-state index in [9.17, 15) is 23.2 Å². The van der Waals surface area contributed by atoms with E-state index in [4.69, 9.17) is 14.2 Å². The highest BCUT2D eigenvalue weighted by Crippen LogP contribution is 2.32. The second kappa shape index (κ2) is 11.5. The number of hydrogen-bond acceptors (Lipinski definition) is 7. The Bertz CT molecular complexity index is 1060. The van der Waals surface area contributed by atoms with Crippen LogP contribution in [0.2, 0.25) is 0 Å². The lowest BCUT2D eigenvalue weighted by atomic mass is 9.84. The molecule has 1 aromatic carbocycles. The first-order valence-corrected chi connectivity index (χ1v) is 10.6. The van der Waals surface area contributed by atoms with Gasteiger partial charge in [-0.1, -0.05) is 19.9 Å². The Balaban J connectivity index is 2.16. The van der Waals surface area contributed by atoms with Gasteiger partial charge in [0.2, 0.25) is 5.75 Å². The van der Waals surface area contributed by atoms with Crippen LogP contribution in [0.1, 0.15) is 56.6 Å². The summed E-state index contributed by atoms with van der Waals surface area (Å²) in [7, 11) is 1.33. The number of amides is 1. The van der Waals surface area contributed by atoms with Gasteiger partial charge in [-0.2, -0.15) is 0 Å². The fourth-order valence-electron chi connectivity index (χ4n) is 3.60. The largest absolute Gasteiger partial charge is 0.493 e. The molecule has 34 heavy (non-hydrogen) atoms. The van der Waals surface area contributed by atoms with Crippen molar-refractivity contribution in [3.63, 3.8) is 0 Å². The molecule has 0 radical (unpaired) electrons. The second-order valence-electron chi connectivity index (χ2n) is 8.06. The van der Waals surface area contributed by atoms with Crippen molar-refractivity contribution in [2.75, 3.05) is 7.11 Å². The molecule has 0 aliphatic rings. The number of aromatic nitrogens is 1. The molecule has 2 rings (SSSR count). The van der Waals surface area contributed by atoms with Gasteiger partial charge < -0.3 is 19.5 Å². The number of methoxy groups -OCH3 is 1. The molecule has 1 heterocycles. The molecule has 1 aromatic heterocycles. The van der Waals surface area contributed by atoms with Gasteiger partial charge in [-0.05, 0) is 31.4 Å². The van der Waals surface area contributed by atoms with Gasteiger partial charge in [0.25, 0.3) is 5.91 Å². The SMILES string of the molecule is COc1ccnc(C(=O)N[C@@H](C)C(=O)OC(C)C(c2ccc(F)cc2F)C(C)C)c1OC(C)=O. The summed E-state index contributed by atoms with van der Waals surface area (Å²) in [5, 5.41) is 2.45. The summed E-state index contributed by atoms with van der Waals surface area (Å²) in [5.74, 6) is -4.45. The third-order valence-electron chi connectivity index (χ3n) is 5.10. The van der Waals surface area contributed by atoms with Crippen LogP contribution in [0.15, 0.2) is 30.5 Å². The van der Waals surface area contributed by atoms with Gasteiger partial charge in [-0.3, -0.25) is 9.59 Å². The Hall–Kier alpha value is -3.56. The molecule has 0 saturated carbocycles. The van der Waals surface area contributed by atoms with E-state index in [-0.39, 0.29) is 28.7 Å². The van der Waals surface area contributed by atoms with E-state index in [0.717, 1.165) is 19.1 Å². The minimum atomic E-state index is -1.11. The van der Waals surface area contributed by atoms with Gasteiger partial charge in [0.1, 0.15) is 23.8 Å². The van der Waals surface area contributed by atoms with Crippen molar-refractivity contribution in [2.24, 2.45) is 5.92 Å². The monoisotopic (exact) mass is 478 g/mol. The number of nitrogens with one attached hydrogen (secondary N) is 1. The molecular weight excluding hydrogens is 450 g/mol. The first-order chi connectivity index (χ1) is 16.0. The molecule has 0 fully saturated rings. The van der Waals surface area contributed by atoms with Crippen LogP contribution >= 0.6 is 0 Å². The maximum absolute atomic E-state index is 14.4. The van der Waals surface area contributed by atoms with E-state index in [1.807, 2.05) is 13.8 Å². The molecule has 2 unspecified atom stereocenters. The zero-order valence-electron chi connectivity index (χ0n) is 19.8. The zero-order valence-corrected chi connectivity index (χ0v) is 19.8. The first kappa shape index (κ1) is 26.7. The molecule has 0 aliphatic carbocycles. The summed E-state index contributed by atoms with van der Waals surface area (Å²) in [4.78, 5) is 40.8. The molecule has 0 spiro atoms. The minimum absolute atomic E-state index is 0.111. The predicted molar refractivity (Wildman–Crippen MR) is 119 cm³/mol. The number of pyridine rings is 1. The summed E-state index contributed by atoms with van der Waals surface area (Å²) < 4.78 is 43.4. The fourth-order valence-corrected chi connectivity index (χ4v) is 3.60. The molecule has 1 amide bonds. The average Bonchev–Trinajstić information content (AvgIpc) is 2.74. The smallest absolute Gasteiger partial charge is 0.328 e. The van der Waals surface area contributed by atoms with Crippen LogP contribution in [0.25, 0.3) is 0 Å². The first-order valence-electron chi connectivity index (χ1n) is 10.6. The normalized spacial score (nSPS) is 13.6. The van der Waals surface area contributed by atoms with Gasteiger partial charge in [0, 0.05) is 31.2 Å². The van der Waals surface area contributed by atoms with Crippen molar-refractivity contribution in [3.05, 3.63) is 53.4 Å². The molecule has 0 saturated heterocycles. The number of ether oxygens (including phenoxy) is 3. The number of rotatable bonds is 9. The van der Waals surface area contributed by atoms with E-state index < -0.39 is 47.5 Å². The zero-order chi connectivity index (χ0) is 25.6. The summed E-state index contributed by atoms with van der Waals surface area (Å²) in [5.41, 5.74) is -0.0318. The van der Waals surface area contributed by atoms with Crippen molar-refractivity contribution in [1.82, 2.24) is 10.3 Å². The average molecular weight is 478 g/mol.